The lowest BCUT2D eigenvalue weighted by Crippen LogP contribution is -2.28. The van der Waals surface area contributed by atoms with E-state index in [1.807, 2.05) is 25.1 Å². The first-order chi connectivity index (χ1) is 11.8. The van der Waals surface area contributed by atoms with E-state index in [-0.39, 0.29) is 11.9 Å². The molecule has 0 fully saturated rings. The molecule has 0 aliphatic carbocycles. The average molecular weight is 341 g/mol. The van der Waals surface area contributed by atoms with Crippen LogP contribution in [0.4, 0.5) is 0 Å². The van der Waals surface area contributed by atoms with Crippen LogP contribution in [-0.4, -0.2) is 20.1 Å². The molecule has 0 heterocycles. The standard InChI is InChI=1S/C21H27NO3/c1-13-9-15(3)18(10-14(13)2)16(4)22-21(23)12-17-7-8-19(24-5)20(11-17)25-6/h7-11,16H,12H2,1-6H3,(H,22,23)/t16-/m1/s1. The first-order valence-electron chi connectivity index (χ1n) is 8.43. The van der Waals surface area contributed by atoms with Crippen molar-refractivity contribution in [1.82, 2.24) is 5.32 Å². The lowest BCUT2D eigenvalue weighted by molar-refractivity contribution is -0.121. The number of benzene rings is 2. The molecule has 0 aromatic heterocycles. The van der Waals surface area contributed by atoms with E-state index in [1.54, 1.807) is 14.2 Å². The highest BCUT2D eigenvalue weighted by Crippen LogP contribution is 2.28. The van der Waals surface area contributed by atoms with Gasteiger partial charge in [-0.2, -0.15) is 0 Å². The van der Waals surface area contributed by atoms with Gasteiger partial charge in [0.2, 0.25) is 5.91 Å². The summed E-state index contributed by atoms with van der Waals surface area (Å²) in [5.74, 6) is 1.27. The molecule has 0 aliphatic heterocycles. The maximum Gasteiger partial charge on any atom is 0.224 e. The third-order valence-electron chi connectivity index (χ3n) is 4.54. The average Bonchev–Trinajstić information content (AvgIpc) is 2.57. The number of hydrogen-bond donors (Lipinski definition) is 1. The normalized spacial score (nSPS) is 11.8. The van der Waals surface area contributed by atoms with Crippen molar-refractivity contribution in [3.8, 4) is 11.5 Å². The molecular weight excluding hydrogens is 314 g/mol. The minimum atomic E-state index is -0.0352. The zero-order chi connectivity index (χ0) is 18.6. The summed E-state index contributed by atoms with van der Waals surface area (Å²) in [6.07, 6.45) is 0.300. The van der Waals surface area contributed by atoms with Gasteiger partial charge in [-0.3, -0.25) is 4.79 Å². The van der Waals surface area contributed by atoms with E-state index in [2.05, 4.69) is 38.2 Å². The van der Waals surface area contributed by atoms with E-state index in [0.717, 1.165) is 11.1 Å². The molecular formula is C21H27NO3. The first-order valence-corrected chi connectivity index (χ1v) is 8.43. The van der Waals surface area contributed by atoms with Crippen LogP contribution in [0, 0.1) is 20.8 Å². The highest BCUT2D eigenvalue weighted by Gasteiger charge is 2.14. The molecule has 134 valence electrons. The summed E-state index contributed by atoms with van der Waals surface area (Å²) in [6.45, 7) is 8.30. The zero-order valence-corrected chi connectivity index (χ0v) is 15.9. The van der Waals surface area contributed by atoms with E-state index in [0.29, 0.717) is 17.9 Å². The van der Waals surface area contributed by atoms with Gasteiger partial charge < -0.3 is 14.8 Å². The molecule has 4 heteroatoms. The summed E-state index contributed by atoms with van der Waals surface area (Å²) in [4.78, 5) is 12.4. The smallest absolute Gasteiger partial charge is 0.224 e. The van der Waals surface area contributed by atoms with Crippen molar-refractivity contribution in [2.75, 3.05) is 14.2 Å². The minimum Gasteiger partial charge on any atom is -0.493 e. The number of carbonyl (C=O) groups excluding carboxylic acids is 1. The Morgan fingerprint density at radius 3 is 2.24 bits per heavy atom. The Kier molecular flexibility index (Phi) is 6.07. The van der Waals surface area contributed by atoms with Crippen molar-refractivity contribution in [1.29, 1.82) is 0 Å². The number of rotatable bonds is 6. The van der Waals surface area contributed by atoms with Crippen molar-refractivity contribution in [2.24, 2.45) is 0 Å². The second-order valence-corrected chi connectivity index (χ2v) is 6.45. The fourth-order valence-electron chi connectivity index (χ4n) is 3.00. The number of carbonyl (C=O) groups is 1. The van der Waals surface area contributed by atoms with Crippen molar-refractivity contribution >= 4 is 5.91 Å². The molecule has 0 radical (unpaired) electrons. The van der Waals surface area contributed by atoms with Gasteiger partial charge >= 0.3 is 0 Å². The molecule has 25 heavy (non-hydrogen) atoms. The number of amides is 1. The predicted octanol–water partition coefficient (Wildman–Crippen LogP) is 4.05. The van der Waals surface area contributed by atoms with Crippen molar-refractivity contribution < 1.29 is 14.3 Å². The van der Waals surface area contributed by atoms with Crippen LogP contribution in [0.3, 0.4) is 0 Å². The number of hydrogen-bond acceptors (Lipinski definition) is 3. The topological polar surface area (TPSA) is 47.6 Å². The molecule has 1 N–H and O–H groups in total. The molecule has 0 saturated heterocycles. The fourth-order valence-corrected chi connectivity index (χ4v) is 3.00. The molecule has 2 rings (SSSR count). The second-order valence-electron chi connectivity index (χ2n) is 6.45. The molecule has 0 saturated carbocycles. The quantitative estimate of drug-likeness (QED) is 0.862. The van der Waals surface area contributed by atoms with E-state index in [9.17, 15) is 4.79 Å². The van der Waals surface area contributed by atoms with Crippen molar-refractivity contribution in [3.05, 3.63) is 58.1 Å². The Hall–Kier alpha value is -2.49. The highest BCUT2D eigenvalue weighted by molar-refractivity contribution is 5.79. The summed E-state index contributed by atoms with van der Waals surface area (Å²) < 4.78 is 10.5. The van der Waals surface area contributed by atoms with E-state index < -0.39 is 0 Å². The lowest BCUT2D eigenvalue weighted by atomic mass is 9.96. The van der Waals surface area contributed by atoms with Gasteiger partial charge in [0.15, 0.2) is 11.5 Å². The lowest BCUT2D eigenvalue weighted by Gasteiger charge is -2.18. The van der Waals surface area contributed by atoms with E-state index in [1.165, 1.54) is 16.7 Å². The monoisotopic (exact) mass is 341 g/mol. The highest BCUT2D eigenvalue weighted by atomic mass is 16.5. The SMILES string of the molecule is COc1ccc(CC(=O)N[C@H](C)c2cc(C)c(C)cc2C)cc1OC. The van der Waals surface area contributed by atoms with Gasteiger partial charge in [0.25, 0.3) is 0 Å². The number of ether oxygens (including phenoxy) is 2. The summed E-state index contributed by atoms with van der Waals surface area (Å²) in [6, 6.07) is 9.83. The van der Waals surface area contributed by atoms with Gasteiger partial charge in [0.05, 0.1) is 26.7 Å². The van der Waals surface area contributed by atoms with Crippen LogP contribution >= 0.6 is 0 Å². The van der Waals surface area contributed by atoms with Crippen LogP contribution in [0.2, 0.25) is 0 Å². The Labute approximate surface area is 150 Å². The molecule has 0 unspecified atom stereocenters. The Balaban J connectivity index is 2.08. The Bertz CT molecular complexity index is 768. The summed E-state index contributed by atoms with van der Waals surface area (Å²) >= 11 is 0. The van der Waals surface area contributed by atoms with Crippen LogP contribution in [0.1, 0.15) is 40.8 Å². The van der Waals surface area contributed by atoms with Crippen molar-refractivity contribution in [2.45, 2.75) is 40.2 Å². The molecule has 0 spiro atoms. The predicted molar refractivity (Wildman–Crippen MR) is 100 cm³/mol. The molecule has 0 aliphatic rings. The summed E-state index contributed by atoms with van der Waals surface area (Å²) in [5.41, 5.74) is 5.75. The van der Waals surface area contributed by atoms with Crippen LogP contribution in [-0.2, 0) is 11.2 Å². The van der Waals surface area contributed by atoms with Crippen LogP contribution in [0.15, 0.2) is 30.3 Å². The molecule has 1 atom stereocenters. The first kappa shape index (κ1) is 18.8. The third-order valence-corrected chi connectivity index (χ3v) is 4.54. The van der Waals surface area contributed by atoms with Gasteiger partial charge in [-0.05, 0) is 67.6 Å². The number of nitrogens with one attached hydrogen (secondary N) is 1. The largest absolute Gasteiger partial charge is 0.493 e. The van der Waals surface area contributed by atoms with Gasteiger partial charge in [0.1, 0.15) is 0 Å². The van der Waals surface area contributed by atoms with Gasteiger partial charge in [0, 0.05) is 0 Å². The van der Waals surface area contributed by atoms with E-state index in [4.69, 9.17) is 9.47 Å². The van der Waals surface area contributed by atoms with Crippen molar-refractivity contribution in [3.63, 3.8) is 0 Å². The summed E-state index contributed by atoms with van der Waals surface area (Å²) in [7, 11) is 3.18. The maximum atomic E-state index is 12.4. The molecule has 2 aromatic carbocycles. The molecule has 1 amide bonds. The van der Waals surface area contributed by atoms with E-state index >= 15 is 0 Å². The maximum absolute atomic E-state index is 12.4. The van der Waals surface area contributed by atoms with Gasteiger partial charge in [-0.15, -0.1) is 0 Å². The number of methoxy groups -OCH3 is 2. The number of aryl methyl sites for hydroxylation is 3. The zero-order valence-electron chi connectivity index (χ0n) is 15.9. The minimum absolute atomic E-state index is 0.0163. The Morgan fingerprint density at radius 2 is 1.60 bits per heavy atom. The fraction of sp³-hybridized carbons (Fsp3) is 0.381. The molecule has 0 bridgehead atoms. The van der Waals surface area contributed by atoms with Crippen LogP contribution in [0.5, 0.6) is 11.5 Å². The van der Waals surface area contributed by atoms with Gasteiger partial charge in [-0.1, -0.05) is 18.2 Å². The molecule has 2 aromatic rings. The van der Waals surface area contributed by atoms with Gasteiger partial charge in [-0.25, -0.2) is 0 Å². The molecule has 4 nitrogen and oxygen atoms in total. The Morgan fingerprint density at radius 1 is 0.960 bits per heavy atom. The third kappa shape index (κ3) is 4.53. The van der Waals surface area contributed by atoms with Crippen LogP contribution < -0.4 is 14.8 Å². The second kappa shape index (κ2) is 8.06. The summed E-state index contributed by atoms with van der Waals surface area (Å²) in [5, 5.41) is 3.09. The van der Waals surface area contributed by atoms with Crippen LogP contribution in [0.25, 0.3) is 0 Å².